The first-order chi connectivity index (χ1) is 9.18. The first kappa shape index (κ1) is 17.3. The van der Waals surface area contributed by atoms with Crippen LogP contribution in [-0.4, -0.2) is 8.07 Å². The summed E-state index contributed by atoms with van der Waals surface area (Å²) in [5.74, 6) is 0. The van der Waals surface area contributed by atoms with Crippen LogP contribution >= 0.6 is 11.6 Å². The van der Waals surface area contributed by atoms with E-state index >= 15 is 0 Å². The van der Waals surface area contributed by atoms with Gasteiger partial charge in [-0.25, -0.2) is 0 Å². The van der Waals surface area contributed by atoms with E-state index in [9.17, 15) is 0 Å². The van der Waals surface area contributed by atoms with E-state index in [0.29, 0.717) is 0 Å². The van der Waals surface area contributed by atoms with Gasteiger partial charge in [-0.15, -0.1) is 18.2 Å². The molecule has 0 fully saturated rings. The lowest BCUT2D eigenvalue weighted by atomic mass is 9.92. The van der Waals surface area contributed by atoms with Crippen LogP contribution in [0.2, 0.25) is 19.6 Å². The third-order valence-corrected chi connectivity index (χ3v) is 6.69. The van der Waals surface area contributed by atoms with Gasteiger partial charge in [-0.1, -0.05) is 66.8 Å². The van der Waals surface area contributed by atoms with Crippen molar-refractivity contribution < 1.29 is 0 Å². The van der Waals surface area contributed by atoms with Gasteiger partial charge in [0.1, 0.15) is 0 Å². The van der Waals surface area contributed by atoms with Gasteiger partial charge in [0, 0.05) is 0 Å². The van der Waals surface area contributed by atoms with Crippen molar-refractivity contribution in [1.29, 1.82) is 0 Å². The molecule has 1 rings (SSSR count). The smallest absolute Gasteiger partial charge is 0.0870 e. The highest BCUT2D eigenvalue weighted by molar-refractivity contribution is 6.84. The van der Waals surface area contributed by atoms with Crippen molar-refractivity contribution in [1.82, 2.24) is 0 Å². The molecule has 0 saturated carbocycles. The molecule has 0 N–H and O–H groups in total. The Bertz CT molecular complexity index is 478. The zero-order chi connectivity index (χ0) is 15.4. The molecule has 0 aliphatic rings. The van der Waals surface area contributed by atoms with Crippen molar-refractivity contribution in [3.63, 3.8) is 0 Å². The summed E-state index contributed by atoms with van der Waals surface area (Å²) in [5.41, 5.74) is 2.52. The van der Waals surface area contributed by atoms with Crippen molar-refractivity contribution in [2.45, 2.75) is 51.2 Å². The topological polar surface area (TPSA) is 0 Å². The van der Waals surface area contributed by atoms with Crippen molar-refractivity contribution in [2.75, 3.05) is 0 Å². The average Bonchev–Trinajstić information content (AvgIpc) is 2.37. The van der Waals surface area contributed by atoms with E-state index < -0.39 is 12.9 Å². The molecular formula is C18H27ClSi. The molecule has 1 aromatic rings. The molecule has 2 heteroatoms. The fourth-order valence-corrected chi connectivity index (χ4v) is 4.87. The van der Waals surface area contributed by atoms with Crippen molar-refractivity contribution in [3.05, 3.63) is 59.3 Å². The molecule has 0 aliphatic heterocycles. The van der Waals surface area contributed by atoms with E-state index in [4.69, 9.17) is 11.6 Å². The molecule has 0 bridgehead atoms. The van der Waals surface area contributed by atoms with E-state index in [1.165, 1.54) is 16.3 Å². The first-order valence-corrected chi connectivity index (χ1v) is 11.1. The Morgan fingerprint density at radius 1 is 1.20 bits per heavy atom. The molecular weight excluding hydrogens is 280 g/mol. The number of allylic oxidation sites excluding steroid dienone is 3. The van der Waals surface area contributed by atoms with Gasteiger partial charge >= 0.3 is 0 Å². The van der Waals surface area contributed by atoms with Gasteiger partial charge in [-0.05, 0) is 32.3 Å². The minimum atomic E-state index is -1.50. The molecule has 0 heterocycles. The summed E-state index contributed by atoms with van der Waals surface area (Å²) >= 11 is 7.09. The van der Waals surface area contributed by atoms with Crippen LogP contribution in [0.1, 0.15) is 32.3 Å². The standard InChI is InChI=1S/C18H27ClSi/c1-15(2)11-10-14-18(19,16(3)20(4,5)6)17-12-8-7-9-13-17/h7-9,11-13H,3,10,14H2,1-2,4-6H3. The second-order valence-corrected chi connectivity index (χ2v) is 12.5. The molecule has 1 atom stereocenters. The van der Waals surface area contributed by atoms with E-state index in [2.05, 4.69) is 70.4 Å². The SMILES string of the molecule is C=C(C(Cl)(CCC=C(C)C)c1ccccc1)[Si](C)(C)C. The van der Waals surface area contributed by atoms with Gasteiger partial charge in [0.25, 0.3) is 0 Å². The van der Waals surface area contributed by atoms with Crippen LogP contribution in [0.15, 0.2) is 53.8 Å². The number of halogens is 1. The predicted molar refractivity (Wildman–Crippen MR) is 95.1 cm³/mol. The molecule has 0 radical (unpaired) electrons. The summed E-state index contributed by atoms with van der Waals surface area (Å²) in [6.07, 6.45) is 4.16. The summed E-state index contributed by atoms with van der Waals surface area (Å²) in [5, 5.41) is 1.22. The molecule has 0 aromatic heterocycles. The van der Waals surface area contributed by atoms with Gasteiger partial charge in [-0.3, -0.25) is 0 Å². The number of benzene rings is 1. The first-order valence-electron chi connectivity index (χ1n) is 7.25. The zero-order valence-corrected chi connectivity index (χ0v) is 15.2. The molecule has 1 unspecified atom stereocenters. The summed E-state index contributed by atoms with van der Waals surface area (Å²) < 4.78 is 0. The Morgan fingerprint density at radius 2 is 1.75 bits per heavy atom. The number of rotatable bonds is 6. The number of hydrogen-bond donors (Lipinski definition) is 0. The van der Waals surface area contributed by atoms with Crippen LogP contribution < -0.4 is 0 Å². The van der Waals surface area contributed by atoms with Crippen LogP contribution in [0.3, 0.4) is 0 Å². The number of hydrogen-bond acceptors (Lipinski definition) is 0. The molecule has 20 heavy (non-hydrogen) atoms. The lowest BCUT2D eigenvalue weighted by molar-refractivity contribution is 0.663. The Hall–Kier alpha value is -0.793. The van der Waals surface area contributed by atoms with E-state index in [-0.39, 0.29) is 0 Å². The maximum Gasteiger partial charge on any atom is 0.0870 e. The number of alkyl halides is 1. The molecule has 0 spiro atoms. The maximum atomic E-state index is 7.09. The quantitative estimate of drug-likeness (QED) is 0.328. The van der Waals surface area contributed by atoms with Crippen molar-refractivity contribution in [2.24, 2.45) is 0 Å². The summed E-state index contributed by atoms with van der Waals surface area (Å²) in [7, 11) is -1.50. The fraction of sp³-hybridized carbons (Fsp3) is 0.444. The van der Waals surface area contributed by atoms with E-state index in [1.807, 2.05) is 6.07 Å². The van der Waals surface area contributed by atoms with Gasteiger partial charge < -0.3 is 0 Å². The largest absolute Gasteiger partial charge is 0.110 e. The lowest BCUT2D eigenvalue weighted by Gasteiger charge is -2.36. The monoisotopic (exact) mass is 306 g/mol. The normalized spacial score (nSPS) is 14.5. The van der Waals surface area contributed by atoms with E-state index in [0.717, 1.165) is 12.8 Å². The second kappa shape index (κ2) is 6.78. The maximum absolute atomic E-state index is 7.09. The van der Waals surface area contributed by atoms with Gasteiger partial charge in [0.2, 0.25) is 0 Å². The summed E-state index contributed by atoms with van der Waals surface area (Å²) in [6.45, 7) is 15.6. The van der Waals surface area contributed by atoms with Crippen LogP contribution in [-0.2, 0) is 4.87 Å². The van der Waals surface area contributed by atoms with Crippen LogP contribution in [0.5, 0.6) is 0 Å². The lowest BCUT2D eigenvalue weighted by Crippen LogP contribution is -2.36. The van der Waals surface area contributed by atoms with Crippen LogP contribution in [0, 0.1) is 0 Å². The molecule has 0 amide bonds. The Balaban J connectivity index is 3.13. The second-order valence-electron chi connectivity index (χ2n) is 6.72. The average molecular weight is 307 g/mol. The molecule has 1 aromatic carbocycles. The molecule has 0 saturated heterocycles. The highest BCUT2D eigenvalue weighted by Gasteiger charge is 2.38. The highest BCUT2D eigenvalue weighted by atomic mass is 35.5. The third-order valence-electron chi connectivity index (χ3n) is 3.66. The predicted octanol–water partition coefficient (Wildman–Crippen LogP) is 6.30. The Morgan fingerprint density at radius 3 is 2.20 bits per heavy atom. The summed E-state index contributed by atoms with van der Waals surface area (Å²) in [4.78, 5) is -0.433. The van der Waals surface area contributed by atoms with Crippen LogP contribution in [0.4, 0.5) is 0 Å². The molecule has 0 nitrogen and oxygen atoms in total. The Labute approximate surface area is 130 Å². The third kappa shape index (κ3) is 4.36. The van der Waals surface area contributed by atoms with Gasteiger partial charge in [0.05, 0.1) is 12.9 Å². The minimum absolute atomic E-state index is 0.433. The van der Waals surface area contributed by atoms with E-state index in [1.54, 1.807) is 0 Å². The Kier molecular flexibility index (Phi) is 5.85. The van der Waals surface area contributed by atoms with Crippen molar-refractivity contribution in [3.8, 4) is 0 Å². The molecule has 110 valence electrons. The molecule has 0 aliphatic carbocycles. The minimum Gasteiger partial charge on any atom is -0.110 e. The highest BCUT2D eigenvalue weighted by Crippen LogP contribution is 2.44. The summed E-state index contributed by atoms with van der Waals surface area (Å²) in [6, 6.07) is 10.4. The zero-order valence-electron chi connectivity index (χ0n) is 13.5. The van der Waals surface area contributed by atoms with Gasteiger partial charge in [-0.2, -0.15) is 0 Å². The van der Waals surface area contributed by atoms with Crippen LogP contribution in [0.25, 0.3) is 0 Å². The fourth-order valence-electron chi connectivity index (χ4n) is 2.33. The van der Waals surface area contributed by atoms with Crippen molar-refractivity contribution >= 4 is 19.7 Å². The van der Waals surface area contributed by atoms with Gasteiger partial charge in [0.15, 0.2) is 0 Å².